The first-order chi connectivity index (χ1) is 11.9. The SMILES string of the molecule is c1cc(Nc2ccc3[nH]ccc3c2)c2sc(-c3ccsc3)cc2n1. The van der Waals surface area contributed by atoms with Gasteiger partial charge in [0.15, 0.2) is 0 Å². The van der Waals surface area contributed by atoms with Gasteiger partial charge in [0, 0.05) is 39.4 Å². The van der Waals surface area contributed by atoms with Crippen molar-refractivity contribution in [1.29, 1.82) is 0 Å². The number of anilines is 2. The van der Waals surface area contributed by atoms with Gasteiger partial charge >= 0.3 is 0 Å². The van der Waals surface area contributed by atoms with Gasteiger partial charge in [0.1, 0.15) is 0 Å². The maximum absolute atomic E-state index is 4.52. The van der Waals surface area contributed by atoms with Crippen LogP contribution in [0.4, 0.5) is 11.4 Å². The van der Waals surface area contributed by atoms with Gasteiger partial charge < -0.3 is 10.3 Å². The van der Waals surface area contributed by atoms with E-state index in [-0.39, 0.29) is 0 Å². The zero-order valence-corrected chi connectivity index (χ0v) is 14.2. The van der Waals surface area contributed by atoms with Gasteiger partial charge in [0.25, 0.3) is 0 Å². The molecule has 0 aliphatic carbocycles. The number of hydrogen-bond acceptors (Lipinski definition) is 4. The highest BCUT2D eigenvalue weighted by molar-refractivity contribution is 7.23. The molecular formula is C19H13N3S2. The Morgan fingerprint density at radius 1 is 1.04 bits per heavy atom. The molecule has 0 spiro atoms. The summed E-state index contributed by atoms with van der Waals surface area (Å²) in [6.07, 6.45) is 3.83. The summed E-state index contributed by atoms with van der Waals surface area (Å²) < 4.78 is 1.19. The molecule has 1 aromatic carbocycles. The molecule has 4 heterocycles. The summed E-state index contributed by atoms with van der Waals surface area (Å²) in [4.78, 5) is 9.01. The molecular weight excluding hydrogens is 334 g/mol. The van der Waals surface area contributed by atoms with Gasteiger partial charge in [-0.3, -0.25) is 4.98 Å². The van der Waals surface area contributed by atoms with E-state index in [2.05, 4.69) is 62.4 Å². The number of pyridine rings is 1. The Morgan fingerprint density at radius 2 is 2.04 bits per heavy atom. The summed E-state index contributed by atoms with van der Waals surface area (Å²) in [6, 6.07) is 14.8. The Bertz CT molecular complexity index is 1140. The molecule has 2 N–H and O–H groups in total. The van der Waals surface area contributed by atoms with E-state index < -0.39 is 0 Å². The van der Waals surface area contributed by atoms with Crippen LogP contribution in [-0.4, -0.2) is 9.97 Å². The summed E-state index contributed by atoms with van der Waals surface area (Å²) >= 11 is 3.50. The summed E-state index contributed by atoms with van der Waals surface area (Å²) in [5.41, 5.74) is 5.63. The molecule has 24 heavy (non-hydrogen) atoms. The van der Waals surface area contributed by atoms with Gasteiger partial charge in [-0.25, -0.2) is 0 Å². The molecule has 116 valence electrons. The molecule has 5 aromatic rings. The highest BCUT2D eigenvalue weighted by Crippen LogP contribution is 2.38. The molecule has 0 saturated heterocycles. The molecule has 0 aliphatic heterocycles. The Morgan fingerprint density at radius 3 is 2.96 bits per heavy atom. The maximum Gasteiger partial charge on any atom is 0.0837 e. The lowest BCUT2D eigenvalue weighted by Gasteiger charge is -2.07. The van der Waals surface area contributed by atoms with E-state index in [0.717, 1.165) is 22.4 Å². The minimum Gasteiger partial charge on any atom is -0.361 e. The zero-order chi connectivity index (χ0) is 15.9. The number of fused-ring (bicyclic) bond motifs is 2. The van der Waals surface area contributed by atoms with Gasteiger partial charge in [-0.05, 0) is 53.2 Å². The summed E-state index contributed by atoms with van der Waals surface area (Å²) in [5, 5.41) is 9.04. The lowest BCUT2D eigenvalue weighted by atomic mass is 10.2. The summed E-state index contributed by atoms with van der Waals surface area (Å²) in [6.45, 7) is 0. The minimum atomic E-state index is 1.04. The van der Waals surface area contributed by atoms with Crippen LogP contribution in [0.15, 0.2) is 65.6 Å². The predicted octanol–water partition coefficient (Wildman–Crippen LogP) is 6.25. The largest absolute Gasteiger partial charge is 0.361 e. The van der Waals surface area contributed by atoms with Crippen LogP contribution >= 0.6 is 22.7 Å². The molecule has 0 aliphatic rings. The van der Waals surface area contributed by atoms with Crippen molar-refractivity contribution in [3.05, 3.63) is 65.6 Å². The first-order valence-corrected chi connectivity index (χ1v) is 9.38. The summed E-state index contributed by atoms with van der Waals surface area (Å²) in [7, 11) is 0. The maximum atomic E-state index is 4.52. The van der Waals surface area contributed by atoms with Crippen LogP contribution in [0.3, 0.4) is 0 Å². The summed E-state index contributed by atoms with van der Waals surface area (Å²) in [5.74, 6) is 0. The van der Waals surface area contributed by atoms with Crippen LogP contribution in [0.5, 0.6) is 0 Å². The van der Waals surface area contributed by atoms with Gasteiger partial charge in [0.2, 0.25) is 0 Å². The van der Waals surface area contributed by atoms with Crippen molar-refractivity contribution in [3.63, 3.8) is 0 Å². The smallest absolute Gasteiger partial charge is 0.0837 e. The third-order valence-corrected chi connectivity index (χ3v) is 5.94. The van der Waals surface area contributed by atoms with E-state index in [1.165, 1.54) is 20.5 Å². The van der Waals surface area contributed by atoms with Gasteiger partial charge in [-0.2, -0.15) is 11.3 Å². The van der Waals surface area contributed by atoms with Crippen molar-refractivity contribution in [3.8, 4) is 10.4 Å². The lowest BCUT2D eigenvalue weighted by molar-refractivity contribution is 1.42. The molecule has 5 heteroatoms. The van der Waals surface area contributed by atoms with Crippen LogP contribution in [0.2, 0.25) is 0 Å². The molecule has 0 radical (unpaired) electrons. The quantitative estimate of drug-likeness (QED) is 0.405. The lowest BCUT2D eigenvalue weighted by Crippen LogP contribution is -1.90. The number of nitrogens with one attached hydrogen (secondary N) is 2. The van der Waals surface area contributed by atoms with Crippen LogP contribution in [0, 0.1) is 0 Å². The standard InChI is InChI=1S/C19H13N3S2/c1-2-15-12(3-6-20-15)9-14(1)22-16-4-7-21-17-10-18(24-19(16)17)13-5-8-23-11-13/h1-11,20H,(H,21,22). The van der Waals surface area contributed by atoms with Crippen molar-refractivity contribution in [2.45, 2.75) is 0 Å². The van der Waals surface area contributed by atoms with Crippen LogP contribution in [0.1, 0.15) is 0 Å². The van der Waals surface area contributed by atoms with Crippen LogP contribution in [0.25, 0.3) is 31.6 Å². The Balaban J connectivity index is 1.58. The van der Waals surface area contributed by atoms with E-state index in [4.69, 9.17) is 0 Å². The molecule has 4 aromatic heterocycles. The van der Waals surface area contributed by atoms with Gasteiger partial charge in [-0.1, -0.05) is 0 Å². The molecule has 0 unspecified atom stereocenters. The zero-order valence-electron chi connectivity index (χ0n) is 12.6. The molecule has 5 rings (SSSR count). The second-order valence-corrected chi connectivity index (χ2v) is 7.43. The molecule has 3 nitrogen and oxygen atoms in total. The van der Waals surface area contributed by atoms with Crippen molar-refractivity contribution in [2.24, 2.45) is 0 Å². The van der Waals surface area contributed by atoms with E-state index in [1.54, 1.807) is 22.7 Å². The van der Waals surface area contributed by atoms with Crippen molar-refractivity contribution >= 4 is 55.2 Å². The second kappa shape index (κ2) is 5.47. The monoisotopic (exact) mass is 347 g/mol. The van der Waals surface area contributed by atoms with Gasteiger partial charge in [0.05, 0.1) is 15.9 Å². The number of aromatic nitrogens is 2. The number of benzene rings is 1. The molecule has 0 fully saturated rings. The van der Waals surface area contributed by atoms with Gasteiger partial charge in [-0.15, -0.1) is 11.3 Å². The number of nitrogens with zero attached hydrogens (tertiary/aromatic N) is 1. The van der Waals surface area contributed by atoms with Crippen LogP contribution < -0.4 is 5.32 Å². The molecule has 0 amide bonds. The highest BCUT2D eigenvalue weighted by Gasteiger charge is 2.10. The van der Waals surface area contributed by atoms with E-state index in [9.17, 15) is 0 Å². The van der Waals surface area contributed by atoms with Crippen molar-refractivity contribution in [2.75, 3.05) is 5.32 Å². The predicted molar refractivity (Wildman–Crippen MR) is 105 cm³/mol. The normalized spacial score (nSPS) is 11.3. The average molecular weight is 347 g/mol. The number of rotatable bonds is 3. The third-order valence-electron chi connectivity index (χ3n) is 4.05. The fourth-order valence-corrected chi connectivity index (χ4v) is 4.68. The topological polar surface area (TPSA) is 40.7 Å². The Kier molecular flexibility index (Phi) is 3.14. The van der Waals surface area contributed by atoms with E-state index in [0.29, 0.717) is 0 Å². The number of aromatic amines is 1. The van der Waals surface area contributed by atoms with Crippen molar-refractivity contribution < 1.29 is 0 Å². The highest BCUT2D eigenvalue weighted by atomic mass is 32.1. The molecule has 0 atom stereocenters. The van der Waals surface area contributed by atoms with E-state index >= 15 is 0 Å². The average Bonchev–Trinajstić information content (AvgIpc) is 3.34. The van der Waals surface area contributed by atoms with Crippen LogP contribution in [-0.2, 0) is 0 Å². The number of thiophene rings is 2. The number of H-pyrrole nitrogens is 1. The molecule has 0 saturated carbocycles. The molecule has 0 bridgehead atoms. The minimum absolute atomic E-state index is 1.04. The third kappa shape index (κ3) is 2.29. The fourth-order valence-electron chi connectivity index (χ4n) is 2.87. The fraction of sp³-hybridized carbons (Fsp3) is 0. The first-order valence-electron chi connectivity index (χ1n) is 7.62. The Labute approximate surface area is 146 Å². The second-order valence-electron chi connectivity index (χ2n) is 5.60. The first kappa shape index (κ1) is 13.8. The van der Waals surface area contributed by atoms with E-state index in [1.807, 2.05) is 18.5 Å². The Hall–Kier alpha value is -2.63. The van der Waals surface area contributed by atoms with Crippen molar-refractivity contribution in [1.82, 2.24) is 9.97 Å². The number of hydrogen-bond donors (Lipinski definition) is 2.